The summed E-state index contributed by atoms with van der Waals surface area (Å²) in [7, 11) is 1.55. The average Bonchev–Trinajstić information content (AvgIpc) is 2.53. The Labute approximate surface area is 140 Å². The number of hydrogen-bond donors (Lipinski definition) is 2. The van der Waals surface area contributed by atoms with Crippen molar-refractivity contribution in [2.45, 2.75) is 17.0 Å². The molecule has 1 aliphatic rings. The molecule has 7 heteroatoms. The zero-order valence-corrected chi connectivity index (χ0v) is 14.1. The van der Waals surface area contributed by atoms with E-state index in [9.17, 15) is 8.78 Å². The summed E-state index contributed by atoms with van der Waals surface area (Å²) in [5.74, 6) is 6.20. The van der Waals surface area contributed by atoms with Crippen LogP contribution in [0.5, 0.6) is 0 Å². The summed E-state index contributed by atoms with van der Waals surface area (Å²) in [5, 5.41) is 7.09. The van der Waals surface area contributed by atoms with Gasteiger partial charge in [0, 0.05) is 22.4 Å². The van der Waals surface area contributed by atoms with Crippen molar-refractivity contribution in [3.63, 3.8) is 0 Å². The Morgan fingerprint density at radius 2 is 1.83 bits per heavy atom. The van der Waals surface area contributed by atoms with Gasteiger partial charge in [0.1, 0.15) is 0 Å². The fourth-order valence-electron chi connectivity index (χ4n) is 2.66. The molecule has 1 atom stereocenters. The van der Waals surface area contributed by atoms with Crippen molar-refractivity contribution in [3.8, 4) is 11.1 Å². The summed E-state index contributed by atoms with van der Waals surface area (Å²) in [6.45, 7) is 0. The molecule has 1 unspecified atom stereocenters. The highest BCUT2D eigenvalue weighted by Gasteiger charge is 2.26. The fourth-order valence-corrected chi connectivity index (χ4v) is 3.11. The minimum absolute atomic E-state index is 0.402. The van der Waals surface area contributed by atoms with E-state index < -0.39 is 12.1 Å². The molecule has 0 fully saturated rings. The molecule has 120 valence electrons. The van der Waals surface area contributed by atoms with Crippen LogP contribution in [0.1, 0.15) is 12.0 Å². The first kappa shape index (κ1) is 16.4. The maximum Gasteiger partial charge on any atom is 0.262 e. The number of nitrogens with two attached hydrogens (primary N) is 2. The third-order valence-electron chi connectivity index (χ3n) is 3.68. The Morgan fingerprint density at radius 1 is 1.13 bits per heavy atom. The Kier molecular flexibility index (Phi) is 4.43. The Balaban J connectivity index is 2.17. The van der Waals surface area contributed by atoms with Crippen molar-refractivity contribution in [2.75, 3.05) is 5.01 Å². The lowest BCUT2D eigenvalue weighted by molar-refractivity contribution is 0.108. The lowest BCUT2D eigenvalue weighted by atomic mass is 9.91. The van der Waals surface area contributed by atoms with Crippen LogP contribution in [-0.2, 0) is 0 Å². The lowest BCUT2D eigenvalue weighted by Gasteiger charge is -2.32. The molecule has 2 aromatic carbocycles. The second kappa shape index (κ2) is 6.21. The molecule has 23 heavy (non-hydrogen) atoms. The van der Waals surface area contributed by atoms with Gasteiger partial charge in [0.2, 0.25) is 0 Å². The van der Waals surface area contributed by atoms with E-state index in [2.05, 4.69) is 0 Å². The van der Waals surface area contributed by atoms with Crippen LogP contribution in [0, 0.1) is 0 Å². The molecule has 0 radical (unpaired) electrons. The van der Waals surface area contributed by atoms with E-state index in [0.717, 1.165) is 39.2 Å². The largest absolute Gasteiger partial charge is 0.279 e. The van der Waals surface area contributed by atoms with Crippen LogP contribution in [0.4, 0.5) is 14.5 Å². The highest BCUT2D eigenvalue weighted by molar-refractivity contribution is 7.97. The fraction of sp³-hybridized carbons (Fsp3) is 0.125. The quantitative estimate of drug-likeness (QED) is 0.494. The molecule has 2 aromatic rings. The number of allylic oxidation sites excluding steroid dienone is 1. The second-order valence-corrected chi connectivity index (χ2v) is 6.82. The predicted octanol–water partition coefficient (Wildman–Crippen LogP) is 4.21. The van der Waals surface area contributed by atoms with Crippen molar-refractivity contribution in [1.82, 2.24) is 0 Å². The number of benzene rings is 2. The maximum atomic E-state index is 13.2. The molecular formula is C16H16F2N3PS. The molecule has 0 aliphatic carbocycles. The summed E-state index contributed by atoms with van der Waals surface area (Å²) in [6.07, 6.45) is 1.07. The number of nitrogens with zero attached hydrogens (tertiary/aromatic N) is 1. The Hall–Kier alpha value is -1.46. The van der Waals surface area contributed by atoms with E-state index in [1.54, 1.807) is 9.24 Å². The van der Waals surface area contributed by atoms with Gasteiger partial charge in [-0.05, 0) is 35.7 Å². The molecule has 0 aromatic heterocycles. The zero-order chi connectivity index (χ0) is 16.6. The van der Waals surface area contributed by atoms with Crippen LogP contribution < -0.4 is 16.0 Å². The Bertz CT molecular complexity index is 774. The number of halogens is 2. The third-order valence-corrected chi connectivity index (χ3v) is 4.45. The molecule has 3 nitrogen and oxygen atoms in total. The predicted molar refractivity (Wildman–Crippen MR) is 95.8 cm³/mol. The SMILES string of the molecule is NSc1ccc2c(c1)-c1ccccc1/C(=C/CC(F)(F)P)N2N. The van der Waals surface area contributed by atoms with Gasteiger partial charge in [-0.3, -0.25) is 10.1 Å². The highest BCUT2D eigenvalue weighted by atomic mass is 32.2. The van der Waals surface area contributed by atoms with Crippen molar-refractivity contribution >= 4 is 32.6 Å². The summed E-state index contributed by atoms with van der Waals surface area (Å²) < 4.78 is 26.4. The molecule has 0 saturated heterocycles. The second-order valence-electron chi connectivity index (χ2n) is 5.27. The van der Waals surface area contributed by atoms with E-state index in [1.165, 1.54) is 11.1 Å². The minimum Gasteiger partial charge on any atom is -0.279 e. The van der Waals surface area contributed by atoms with Gasteiger partial charge in [-0.15, -0.1) is 0 Å². The van der Waals surface area contributed by atoms with E-state index in [4.69, 9.17) is 11.0 Å². The van der Waals surface area contributed by atoms with Gasteiger partial charge in [-0.1, -0.05) is 39.6 Å². The standard InChI is InChI=1S/C16H16F2N3PS/c17-16(18,22)8-7-15-12-4-2-1-3-11(12)13-9-10(23-20)5-6-14(13)21(15)19/h1-7,9H,8,19-20,22H2/b15-7-. The number of hydrazine groups is 1. The topological polar surface area (TPSA) is 55.3 Å². The van der Waals surface area contributed by atoms with Crippen LogP contribution in [0.3, 0.4) is 0 Å². The van der Waals surface area contributed by atoms with Crippen LogP contribution in [-0.4, -0.2) is 5.66 Å². The summed E-state index contributed by atoms with van der Waals surface area (Å²) in [6, 6.07) is 13.3. The van der Waals surface area contributed by atoms with E-state index in [1.807, 2.05) is 42.5 Å². The third kappa shape index (κ3) is 3.26. The molecule has 4 N–H and O–H groups in total. The first-order valence-electron chi connectivity index (χ1n) is 6.93. The van der Waals surface area contributed by atoms with E-state index in [-0.39, 0.29) is 0 Å². The van der Waals surface area contributed by atoms with Gasteiger partial charge < -0.3 is 0 Å². The number of fused-ring (bicyclic) bond motifs is 3. The first-order chi connectivity index (χ1) is 10.9. The van der Waals surface area contributed by atoms with Crippen LogP contribution in [0.15, 0.2) is 53.4 Å². The van der Waals surface area contributed by atoms with Crippen LogP contribution in [0.2, 0.25) is 0 Å². The summed E-state index contributed by atoms with van der Waals surface area (Å²) in [5.41, 5.74) is 1.20. The number of alkyl halides is 2. The molecule has 0 saturated carbocycles. The van der Waals surface area contributed by atoms with Crippen LogP contribution in [0.25, 0.3) is 16.8 Å². The summed E-state index contributed by atoms with van der Waals surface area (Å²) >= 11 is 1.16. The van der Waals surface area contributed by atoms with Crippen molar-refractivity contribution < 1.29 is 8.78 Å². The summed E-state index contributed by atoms with van der Waals surface area (Å²) in [4.78, 5) is 0.913. The number of rotatable bonds is 3. The maximum absolute atomic E-state index is 13.2. The van der Waals surface area contributed by atoms with Crippen molar-refractivity contribution in [2.24, 2.45) is 11.0 Å². The van der Waals surface area contributed by atoms with Gasteiger partial charge in [0.25, 0.3) is 5.66 Å². The van der Waals surface area contributed by atoms with E-state index in [0.29, 0.717) is 5.70 Å². The van der Waals surface area contributed by atoms with Crippen molar-refractivity contribution in [3.05, 3.63) is 54.1 Å². The minimum atomic E-state index is -2.86. The normalized spacial score (nSPS) is 15.5. The highest BCUT2D eigenvalue weighted by Crippen LogP contribution is 2.44. The molecule has 0 spiro atoms. The van der Waals surface area contributed by atoms with Gasteiger partial charge >= 0.3 is 0 Å². The first-order valence-corrected chi connectivity index (χ1v) is 8.38. The molecule has 3 rings (SSSR count). The van der Waals surface area contributed by atoms with Gasteiger partial charge in [0.05, 0.1) is 11.4 Å². The molecule has 1 heterocycles. The average molecular weight is 351 g/mol. The van der Waals surface area contributed by atoms with Gasteiger partial charge in [-0.25, -0.2) is 14.6 Å². The van der Waals surface area contributed by atoms with E-state index >= 15 is 0 Å². The van der Waals surface area contributed by atoms with Gasteiger partial charge in [-0.2, -0.15) is 0 Å². The molecular weight excluding hydrogens is 335 g/mol. The van der Waals surface area contributed by atoms with Crippen LogP contribution >= 0.6 is 21.2 Å². The molecule has 0 amide bonds. The molecule has 1 aliphatic heterocycles. The number of anilines is 1. The van der Waals surface area contributed by atoms with Crippen molar-refractivity contribution in [1.29, 1.82) is 0 Å². The number of hydrogen-bond acceptors (Lipinski definition) is 4. The molecule has 0 bridgehead atoms. The smallest absolute Gasteiger partial charge is 0.262 e. The Morgan fingerprint density at radius 3 is 2.48 bits per heavy atom. The zero-order valence-electron chi connectivity index (χ0n) is 12.2. The monoisotopic (exact) mass is 351 g/mol. The lowest BCUT2D eigenvalue weighted by Crippen LogP contribution is -2.32. The van der Waals surface area contributed by atoms with Gasteiger partial charge in [0.15, 0.2) is 0 Å².